The Morgan fingerprint density at radius 1 is 0.408 bits per heavy atom. The maximum absolute atomic E-state index is 11.7. The van der Waals surface area contributed by atoms with Gasteiger partial charge in [0.25, 0.3) is 1.45 Å². The molecular formula is C80H150FN11O11. The molecule has 0 heterocycles. The molecule has 598 valence electrons. The summed E-state index contributed by atoms with van der Waals surface area (Å²) in [6.45, 7) is 43.2. The number of rotatable bonds is 45. The van der Waals surface area contributed by atoms with Crippen molar-refractivity contribution in [3.05, 3.63) is 156 Å². The number of nitrogens with one attached hydrogen (secondary N) is 2. The first-order chi connectivity index (χ1) is 49.5. The smallest absolute Gasteiger partial charge is 0.330 e. The lowest BCUT2D eigenvalue weighted by atomic mass is 10.2. The monoisotopic (exact) mass is 1460 g/mol. The zero-order valence-corrected chi connectivity index (χ0v) is 64.4. The van der Waals surface area contributed by atoms with E-state index in [0.717, 1.165) is 145 Å². The molecule has 0 bridgehead atoms. The fraction of sp³-hybridized carbons (Fsp3) is 0.613. The topological polar surface area (TPSA) is 319 Å². The maximum Gasteiger partial charge on any atom is 0.330 e. The second-order valence-corrected chi connectivity index (χ2v) is 22.4. The molecule has 0 radical (unpaired) electrons. The number of ether oxygens (including phenoxy) is 4. The summed E-state index contributed by atoms with van der Waals surface area (Å²) in [5.74, 6) is 2.84. The predicted octanol–water partition coefficient (Wildman–Crippen LogP) is 12.2. The van der Waals surface area contributed by atoms with Crippen LogP contribution in [0.3, 0.4) is 0 Å². The fourth-order valence-corrected chi connectivity index (χ4v) is 8.63. The number of nitrogens with two attached hydrogens (primary N) is 5. The number of nitrogens with zero attached hydrogens (tertiary/aromatic N) is 4. The normalized spacial score (nSPS) is 9.78. The molecular weight excluding hydrogens is 1310 g/mol. The van der Waals surface area contributed by atoms with Crippen molar-refractivity contribution < 1.29 is 57.6 Å². The highest BCUT2D eigenvalue weighted by Crippen LogP contribution is 2.07. The van der Waals surface area contributed by atoms with E-state index in [0.29, 0.717) is 85.0 Å². The highest BCUT2D eigenvalue weighted by molar-refractivity contribution is 5.81. The van der Waals surface area contributed by atoms with Crippen LogP contribution < -0.4 is 39.5 Å². The number of hydrogen-bond acceptors (Lipinski definition) is 21. The zero-order chi connectivity index (χ0) is 77.8. The molecule has 4 aromatic carbocycles. The van der Waals surface area contributed by atoms with Gasteiger partial charge in [0.2, 0.25) is 0 Å². The van der Waals surface area contributed by atoms with E-state index in [1.165, 1.54) is 33.0 Å². The first kappa shape index (κ1) is 110. The Morgan fingerprint density at radius 3 is 0.854 bits per heavy atom. The van der Waals surface area contributed by atoms with Gasteiger partial charge >= 0.3 is 29.8 Å². The summed E-state index contributed by atoms with van der Waals surface area (Å²) in [5.41, 5.74) is 25.4. The largest absolute Gasteiger partial charge is 0.481 e. The molecule has 4 aromatic rings. The second kappa shape index (κ2) is 91.5. The molecule has 22 nitrogen and oxygen atoms in total. The van der Waals surface area contributed by atoms with Crippen molar-refractivity contribution in [2.24, 2.45) is 28.8 Å². The summed E-state index contributed by atoms with van der Waals surface area (Å²) in [6, 6.07) is 38.7. The lowest BCUT2D eigenvalue weighted by Crippen LogP contribution is -2.35. The van der Waals surface area contributed by atoms with Crippen LogP contribution in [0.1, 0.15) is 183 Å². The van der Waals surface area contributed by atoms with Crippen LogP contribution in [0, 0.1) is 0 Å². The minimum Gasteiger partial charge on any atom is -0.481 e. The van der Waals surface area contributed by atoms with E-state index in [9.17, 15) is 24.0 Å². The van der Waals surface area contributed by atoms with Gasteiger partial charge in [-0.15, -0.1) is 0 Å². The van der Waals surface area contributed by atoms with Gasteiger partial charge in [-0.3, -0.25) is 23.9 Å². The number of aliphatic carboxylic acids is 1. The van der Waals surface area contributed by atoms with E-state index in [1.54, 1.807) is 0 Å². The minimum atomic E-state index is -0.702. The van der Waals surface area contributed by atoms with Crippen molar-refractivity contribution in [2.45, 2.75) is 188 Å². The minimum absolute atomic E-state index is 0. The van der Waals surface area contributed by atoms with Crippen LogP contribution in [0.15, 0.2) is 134 Å². The molecule has 0 aliphatic carbocycles. The van der Waals surface area contributed by atoms with Gasteiger partial charge in [0, 0.05) is 84.6 Å². The molecule has 0 spiro atoms. The summed E-state index contributed by atoms with van der Waals surface area (Å²) in [6.07, 6.45) is 11.9. The number of benzene rings is 4. The molecule has 0 amide bonds. The SMILES string of the molecule is C.C.C=CC(=O)OCc1ccccc1.CC.CCCN(CCC)CCC(=O)O.CCCN(CCC)CCC(=O)OCc1ccccc1.CCCN(CCC)CCC(=O)OCc1ccccc1.CCCNCCC.CON.NCCN(CCN)CCC(=O)OCc1ccccc1.NCCNCCN.[3H]F. The van der Waals surface area contributed by atoms with E-state index in [-0.39, 0.29) is 45.2 Å². The molecule has 0 aliphatic heterocycles. The first-order valence-electron chi connectivity index (χ1n) is 36.9. The molecule has 4 rings (SSSR count). The third-order valence-corrected chi connectivity index (χ3v) is 13.3. The van der Waals surface area contributed by atoms with Crippen LogP contribution in [0.5, 0.6) is 0 Å². The van der Waals surface area contributed by atoms with Crippen LogP contribution in [-0.4, -0.2) is 194 Å². The number of hydrogen-bond donors (Lipinski definition) is 8. The first-order valence-corrected chi connectivity index (χ1v) is 36.5. The Hall–Kier alpha value is -6.58. The van der Waals surface area contributed by atoms with E-state index >= 15 is 0 Å². The van der Waals surface area contributed by atoms with Gasteiger partial charge in [-0.1, -0.05) is 212 Å². The van der Waals surface area contributed by atoms with E-state index in [1.807, 2.05) is 135 Å². The van der Waals surface area contributed by atoms with Crippen molar-refractivity contribution in [1.82, 2.24) is 30.2 Å². The third kappa shape index (κ3) is 84.3. The number of halogens is 1. The van der Waals surface area contributed by atoms with Crippen molar-refractivity contribution in [2.75, 3.05) is 138 Å². The van der Waals surface area contributed by atoms with Gasteiger partial charge in [-0.2, -0.15) is 0 Å². The quantitative estimate of drug-likeness (QED) is 0.00670. The molecule has 0 atom stereocenters. The van der Waals surface area contributed by atoms with E-state index in [2.05, 4.69) is 104 Å². The van der Waals surface area contributed by atoms with Crippen molar-refractivity contribution in [3.8, 4) is 0 Å². The van der Waals surface area contributed by atoms with E-state index < -0.39 is 5.97 Å². The Balaban J connectivity index is -0.000000173. The van der Waals surface area contributed by atoms with Crippen LogP contribution in [0.2, 0.25) is 0 Å². The molecule has 23 heteroatoms. The van der Waals surface area contributed by atoms with Crippen LogP contribution in [0.4, 0.5) is 4.72 Å². The molecule has 0 aromatic heterocycles. The van der Waals surface area contributed by atoms with Crippen molar-refractivity contribution in [3.63, 3.8) is 0 Å². The second-order valence-electron chi connectivity index (χ2n) is 22.4. The molecule has 0 unspecified atom stereocenters. The standard InChI is InChI=1S/2C16H25NO2.C14H23N3O2.C10H10O2.C9H19NO2.C6H15N.C4H13N3.C2H6.CH5NO.2CH4.FH/c2*1-3-11-17(12-4-2)13-10-16(18)19-14-15-8-6-5-7-9-15;15-7-10-17(11-8-16)9-6-14(18)19-12-13-4-2-1-3-5-13;1-2-10(11)12-8-9-6-4-3-5-7-9;1-3-6-10(7-4-2)8-5-9(11)12;1-3-5-7-6-4-2;5-1-3-7-4-2-6;1-2;1-3-2;;;/h2*5-9H,3-4,10-14H2,1-2H3;1-5H,6-12,15-16H2;2-7H,1,8H2;3-8H2,1-2H3,(H,11,12);7H,3-6H2,1-2H3;7H,1-6H2;1-2H3;2H2,1H3;2*1H4;1H/i/hT. The number of carboxylic acid groups (broad SMARTS) is 1. The predicted molar refractivity (Wildman–Crippen MR) is 430 cm³/mol. The summed E-state index contributed by atoms with van der Waals surface area (Å²) < 4.78 is 33.6. The Kier molecular flexibility index (Phi) is 97.5. The molecule has 103 heavy (non-hydrogen) atoms. The highest BCUT2D eigenvalue weighted by Gasteiger charge is 2.12. The van der Waals surface area contributed by atoms with Gasteiger partial charge in [0.15, 0.2) is 0 Å². The Labute approximate surface area is 627 Å². The van der Waals surface area contributed by atoms with Crippen molar-refractivity contribution in [1.29, 1.82) is 1.45 Å². The number of carbonyl (C=O) groups excluding carboxylic acids is 4. The lowest BCUT2D eigenvalue weighted by molar-refractivity contribution is -0.146. The maximum atomic E-state index is 11.7. The number of carbonyl (C=O) groups is 5. The van der Waals surface area contributed by atoms with Gasteiger partial charge in [-0.25, -0.2) is 10.7 Å². The summed E-state index contributed by atoms with van der Waals surface area (Å²) in [4.78, 5) is 68.6. The van der Waals surface area contributed by atoms with E-state index in [4.69, 9.17) is 51.7 Å². The molecule has 0 aliphatic rings. The van der Waals surface area contributed by atoms with Crippen LogP contribution in [0.25, 0.3) is 0 Å². The van der Waals surface area contributed by atoms with Crippen LogP contribution in [-0.2, 0) is 74.2 Å². The average molecular weight is 1460 g/mol. The summed E-state index contributed by atoms with van der Waals surface area (Å²) in [7, 11) is 1.40. The fourth-order valence-electron chi connectivity index (χ4n) is 8.63. The van der Waals surface area contributed by atoms with Gasteiger partial charge in [-0.05, 0) is 126 Å². The average Bonchev–Trinajstić information content (AvgIpc) is 1.03. The van der Waals surface area contributed by atoms with Gasteiger partial charge < -0.3 is 82.1 Å². The molecule has 0 saturated carbocycles. The van der Waals surface area contributed by atoms with Crippen molar-refractivity contribution >= 4 is 29.8 Å². The molecule has 13 N–H and O–H groups in total. The Bertz CT molecular complexity index is 2160. The lowest BCUT2D eigenvalue weighted by Gasteiger charge is -2.20. The van der Waals surface area contributed by atoms with Gasteiger partial charge in [0.1, 0.15) is 26.4 Å². The molecule has 0 saturated heterocycles. The molecule has 0 fully saturated rings. The highest BCUT2D eigenvalue weighted by atomic mass is 19.0. The Morgan fingerprint density at radius 2 is 0.641 bits per heavy atom. The van der Waals surface area contributed by atoms with Gasteiger partial charge in [0.05, 0.1) is 32.8 Å². The summed E-state index contributed by atoms with van der Waals surface area (Å²) in [5, 5.41) is 14.8. The number of esters is 4. The van der Waals surface area contributed by atoms with Crippen LogP contribution >= 0.6 is 0 Å². The number of carboxylic acids is 1. The zero-order valence-electron chi connectivity index (χ0n) is 65.4. The third-order valence-electron chi connectivity index (χ3n) is 13.3. The summed E-state index contributed by atoms with van der Waals surface area (Å²) >= 11 is 0.